The van der Waals surface area contributed by atoms with E-state index in [1.807, 2.05) is 13.8 Å². The average Bonchev–Trinajstić information content (AvgIpc) is 3.19. The van der Waals surface area contributed by atoms with E-state index < -0.39 is 24.0 Å². The summed E-state index contributed by atoms with van der Waals surface area (Å²) in [5.41, 5.74) is 5.40. The van der Waals surface area contributed by atoms with E-state index in [2.05, 4.69) is 10.6 Å². The first kappa shape index (κ1) is 19.2. The first-order valence-electron chi connectivity index (χ1n) is 8.99. The molecule has 2 aliphatic rings. The van der Waals surface area contributed by atoms with Crippen molar-refractivity contribution in [2.75, 3.05) is 6.54 Å². The molecule has 2 aliphatic heterocycles. The van der Waals surface area contributed by atoms with Crippen LogP contribution in [0.2, 0.25) is 0 Å². The maximum absolute atomic E-state index is 12.9. The van der Waals surface area contributed by atoms with Gasteiger partial charge in [0.05, 0.1) is 0 Å². The Morgan fingerprint density at radius 1 is 1.28 bits per heavy atom. The molecule has 0 aromatic rings. The molecule has 25 heavy (non-hydrogen) atoms. The van der Waals surface area contributed by atoms with Crippen LogP contribution in [0.25, 0.3) is 0 Å². The van der Waals surface area contributed by atoms with Crippen LogP contribution in [-0.2, 0) is 19.2 Å². The van der Waals surface area contributed by atoms with Crippen molar-refractivity contribution in [1.29, 1.82) is 0 Å². The summed E-state index contributed by atoms with van der Waals surface area (Å²) in [6, 6.07) is -1.89. The summed E-state index contributed by atoms with van der Waals surface area (Å²) in [5.74, 6) is -0.896. The van der Waals surface area contributed by atoms with E-state index in [0.29, 0.717) is 38.1 Å². The highest BCUT2D eigenvalue weighted by atomic mass is 16.2. The Bertz CT molecular complexity index is 549. The number of hydrogen-bond acceptors (Lipinski definition) is 4. The van der Waals surface area contributed by atoms with Crippen molar-refractivity contribution in [3.8, 4) is 0 Å². The molecule has 2 saturated heterocycles. The smallest absolute Gasteiger partial charge is 0.245 e. The molecule has 0 spiro atoms. The number of carbonyl (C=O) groups excluding carboxylic acids is 4. The molecular formula is C17H28N4O4. The number of likely N-dealkylation sites (tertiary alicyclic amines) is 1. The Balaban J connectivity index is 2.06. The summed E-state index contributed by atoms with van der Waals surface area (Å²) in [6.07, 6.45) is 3.29. The minimum atomic E-state index is -0.702. The quantitative estimate of drug-likeness (QED) is 0.580. The van der Waals surface area contributed by atoms with Gasteiger partial charge in [-0.1, -0.05) is 13.8 Å². The summed E-state index contributed by atoms with van der Waals surface area (Å²) < 4.78 is 0. The molecule has 0 radical (unpaired) electrons. The molecule has 0 unspecified atom stereocenters. The molecule has 0 bridgehead atoms. The lowest BCUT2D eigenvalue weighted by molar-refractivity contribution is -0.141. The third kappa shape index (κ3) is 4.93. The van der Waals surface area contributed by atoms with Crippen LogP contribution in [0, 0.1) is 5.92 Å². The molecule has 4 amide bonds. The van der Waals surface area contributed by atoms with E-state index in [1.54, 1.807) is 0 Å². The highest BCUT2D eigenvalue weighted by Gasteiger charge is 2.37. The van der Waals surface area contributed by atoms with Crippen LogP contribution in [0.5, 0.6) is 0 Å². The number of nitrogens with one attached hydrogen (secondary N) is 2. The topological polar surface area (TPSA) is 122 Å². The number of rotatable bonds is 7. The molecule has 8 nitrogen and oxygen atoms in total. The lowest BCUT2D eigenvalue weighted by Crippen LogP contribution is -2.55. The standard InChI is InChI=1S/C17H28N4O4/c1-10(2)5-6-12(20-16(24)11-7-8-14(22)19-11)17(25)21-9-3-4-13(21)15(18)23/h10-13H,3-9H2,1-2H3,(H2,18,23)(H,19,22)(H,20,24)/t11-,12-,13-/m0/s1. The number of carbonyl (C=O) groups is 4. The summed E-state index contributed by atoms with van der Waals surface area (Å²) in [6.45, 7) is 4.56. The fraction of sp³-hybridized carbons (Fsp3) is 0.765. The highest BCUT2D eigenvalue weighted by molar-refractivity contribution is 5.95. The SMILES string of the molecule is CC(C)CC[C@H](NC(=O)[C@@H]1CCC(=O)N1)C(=O)N1CCC[C@H]1C(N)=O. The van der Waals surface area contributed by atoms with E-state index in [4.69, 9.17) is 5.73 Å². The number of primary amides is 1. The van der Waals surface area contributed by atoms with Crippen molar-refractivity contribution < 1.29 is 19.2 Å². The molecular weight excluding hydrogens is 324 g/mol. The second-order valence-corrected chi connectivity index (χ2v) is 7.28. The minimum absolute atomic E-state index is 0.154. The van der Waals surface area contributed by atoms with Crippen LogP contribution >= 0.6 is 0 Å². The summed E-state index contributed by atoms with van der Waals surface area (Å²) >= 11 is 0. The number of nitrogens with zero attached hydrogens (tertiary/aromatic N) is 1. The van der Waals surface area contributed by atoms with Crippen LogP contribution in [0.15, 0.2) is 0 Å². The number of amides is 4. The normalized spacial score (nSPS) is 24.3. The van der Waals surface area contributed by atoms with Crippen molar-refractivity contribution in [3.63, 3.8) is 0 Å². The van der Waals surface area contributed by atoms with Crippen LogP contribution in [0.4, 0.5) is 0 Å². The van der Waals surface area contributed by atoms with Gasteiger partial charge in [0.2, 0.25) is 23.6 Å². The maximum atomic E-state index is 12.9. The third-order valence-corrected chi connectivity index (χ3v) is 4.82. The van der Waals surface area contributed by atoms with Gasteiger partial charge >= 0.3 is 0 Å². The monoisotopic (exact) mass is 352 g/mol. The van der Waals surface area contributed by atoms with Gasteiger partial charge in [-0.15, -0.1) is 0 Å². The molecule has 0 saturated carbocycles. The first-order chi connectivity index (χ1) is 11.8. The van der Waals surface area contributed by atoms with Gasteiger partial charge in [-0.05, 0) is 38.0 Å². The van der Waals surface area contributed by atoms with Gasteiger partial charge < -0.3 is 21.3 Å². The Labute approximate surface area is 147 Å². The zero-order valence-corrected chi connectivity index (χ0v) is 14.9. The van der Waals surface area contributed by atoms with Crippen LogP contribution in [0.1, 0.15) is 52.4 Å². The molecule has 0 aromatic heterocycles. The van der Waals surface area contributed by atoms with Crippen molar-refractivity contribution in [2.24, 2.45) is 11.7 Å². The number of nitrogens with two attached hydrogens (primary N) is 1. The van der Waals surface area contributed by atoms with Gasteiger partial charge in [-0.2, -0.15) is 0 Å². The molecule has 2 rings (SSSR count). The Morgan fingerprint density at radius 3 is 2.56 bits per heavy atom. The summed E-state index contributed by atoms with van der Waals surface area (Å²) in [5, 5.41) is 5.38. The summed E-state index contributed by atoms with van der Waals surface area (Å²) in [4.78, 5) is 49.7. The maximum Gasteiger partial charge on any atom is 0.245 e. The third-order valence-electron chi connectivity index (χ3n) is 4.82. The molecule has 0 aromatic carbocycles. The zero-order chi connectivity index (χ0) is 18.6. The minimum Gasteiger partial charge on any atom is -0.368 e. The van der Waals surface area contributed by atoms with Gasteiger partial charge in [-0.25, -0.2) is 0 Å². The van der Waals surface area contributed by atoms with Gasteiger partial charge in [0.25, 0.3) is 0 Å². The lowest BCUT2D eigenvalue weighted by Gasteiger charge is -2.28. The Hall–Kier alpha value is -2.12. The zero-order valence-electron chi connectivity index (χ0n) is 14.9. The van der Waals surface area contributed by atoms with Crippen molar-refractivity contribution in [1.82, 2.24) is 15.5 Å². The van der Waals surface area contributed by atoms with E-state index in [0.717, 1.165) is 12.8 Å². The molecule has 3 atom stereocenters. The fourth-order valence-electron chi connectivity index (χ4n) is 3.37. The summed E-state index contributed by atoms with van der Waals surface area (Å²) in [7, 11) is 0. The van der Waals surface area contributed by atoms with E-state index in [9.17, 15) is 19.2 Å². The molecule has 4 N–H and O–H groups in total. The second kappa shape index (κ2) is 8.31. The molecule has 8 heteroatoms. The van der Waals surface area contributed by atoms with Gasteiger partial charge in [0.15, 0.2) is 0 Å². The number of hydrogen-bond donors (Lipinski definition) is 3. The fourth-order valence-corrected chi connectivity index (χ4v) is 3.37. The molecule has 140 valence electrons. The van der Waals surface area contributed by atoms with Crippen LogP contribution in [0.3, 0.4) is 0 Å². The molecule has 0 aliphatic carbocycles. The van der Waals surface area contributed by atoms with Crippen LogP contribution < -0.4 is 16.4 Å². The first-order valence-corrected chi connectivity index (χ1v) is 8.99. The molecule has 2 heterocycles. The lowest BCUT2D eigenvalue weighted by atomic mass is 10.0. The van der Waals surface area contributed by atoms with E-state index >= 15 is 0 Å². The second-order valence-electron chi connectivity index (χ2n) is 7.28. The predicted molar refractivity (Wildman–Crippen MR) is 91.1 cm³/mol. The largest absolute Gasteiger partial charge is 0.368 e. The average molecular weight is 352 g/mol. The van der Waals surface area contributed by atoms with Gasteiger partial charge in [0.1, 0.15) is 18.1 Å². The van der Waals surface area contributed by atoms with Crippen LogP contribution in [-0.4, -0.2) is 53.2 Å². The predicted octanol–water partition coefficient (Wildman–Crippen LogP) is -0.338. The van der Waals surface area contributed by atoms with E-state index in [1.165, 1.54) is 4.90 Å². The molecule has 2 fully saturated rings. The van der Waals surface area contributed by atoms with Gasteiger partial charge in [-0.3, -0.25) is 19.2 Å². The Morgan fingerprint density at radius 2 is 2.00 bits per heavy atom. The van der Waals surface area contributed by atoms with Gasteiger partial charge in [0, 0.05) is 13.0 Å². The van der Waals surface area contributed by atoms with E-state index in [-0.39, 0.29) is 17.7 Å². The van der Waals surface area contributed by atoms with Crippen molar-refractivity contribution >= 4 is 23.6 Å². The Kier molecular flexibility index (Phi) is 6.39. The van der Waals surface area contributed by atoms with Crippen molar-refractivity contribution in [3.05, 3.63) is 0 Å². The highest BCUT2D eigenvalue weighted by Crippen LogP contribution is 2.20. The van der Waals surface area contributed by atoms with Crippen molar-refractivity contribution in [2.45, 2.75) is 70.5 Å².